The number of methoxy groups -OCH3 is 1. The first kappa shape index (κ1) is 21.2. The first-order chi connectivity index (χ1) is 15.0. The van der Waals surface area contributed by atoms with Crippen LogP contribution in [0.5, 0.6) is 23.0 Å². The van der Waals surface area contributed by atoms with Gasteiger partial charge < -0.3 is 19.3 Å². The number of rotatable bonds is 8. The summed E-state index contributed by atoms with van der Waals surface area (Å²) < 4.78 is 18.5. The third-order valence-corrected chi connectivity index (χ3v) is 6.27. The molecule has 0 radical (unpaired) electrons. The van der Waals surface area contributed by atoms with E-state index >= 15 is 0 Å². The minimum atomic E-state index is -0.605. The Morgan fingerprint density at radius 2 is 1.55 bits per heavy atom. The van der Waals surface area contributed by atoms with Gasteiger partial charge in [0.25, 0.3) is 0 Å². The van der Waals surface area contributed by atoms with Crippen molar-refractivity contribution in [2.45, 2.75) is 26.6 Å². The van der Waals surface area contributed by atoms with Crippen molar-refractivity contribution in [3.05, 3.63) is 83.2 Å². The minimum Gasteiger partial charge on any atom is -0.497 e. The van der Waals surface area contributed by atoms with Gasteiger partial charge in [0.05, 0.1) is 18.1 Å². The molecule has 4 nitrogen and oxygen atoms in total. The van der Waals surface area contributed by atoms with E-state index in [-0.39, 0.29) is 5.92 Å². The number of aliphatic hydroxyl groups is 1. The van der Waals surface area contributed by atoms with Crippen molar-refractivity contribution in [2.75, 3.05) is 7.11 Å². The zero-order valence-electron chi connectivity index (χ0n) is 17.9. The average Bonchev–Trinajstić information content (AvgIpc) is 3.16. The summed E-state index contributed by atoms with van der Waals surface area (Å²) in [6.07, 6.45) is -0.605. The minimum absolute atomic E-state index is 0.0751. The Bertz CT molecular complexity index is 1130. The Hall–Kier alpha value is -3.02. The van der Waals surface area contributed by atoms with E-state index in [2.05, 4.69) is 0 Å². The van der Waals surface area contributed by atoms with E-state index in [9.17, 15) is 5.11 Å². The summed E-state index contributed by atoms with van der Waals surface area (Å²) in [6, 6.07) is 23.5. The van der Waals surface area contributed by atoms with Crippen LogP contribution in [-0.4, -0.2) is 12.2 Å². The number of fused-ring (bicyclic) bond motifs is 1. The molecule has 4 aromatic rings. The molecule has 1 aromatic heterocycles. The standard InChI is InChI=1S/C26H26O4S/c1-17(2)24(27)26-25(22-14-13-21(28-3)15-23(22)31-26)30-20-11-9-19(10-12-20)29-16-18-7-5-4-6-8-18/h4-15,17,24,27H,16H2,1-3H3. The second-order valence-corrected chi connectivity index (χ2v) is 8.78. The summed E-state index contributed by atoms with van der Waals surface area (Å²) in [7, 11) is 1.65. The average molecular weight is 435 g/mol. The van der Waals surface area contributed by atoms with E-state index in [4.69, 9.17) is 14.2 Å². The van der Waals surface area contributed by atoms with Gasteiger partial charge in [-0.3, -0.25) is 0 Å². The molecule has 0 aliphatic heterocycles. The fraction of sp³-hybridized carbons (Fsp3) is 0.231. The van der Waals surface area contributed by atoms with Crippen LogP contribution in [0.4, 0.5) is 0 Å². The summed E-state index contributed by atoms with van der Waals surface area (Å²) in [5.74, 6) is 3.03. The highest BCUT2D eigenvalue weighted by atomic mass is 32.1. The molecular weight excluding hydrogens is 408 g/mol. The third kappa shape index (κ3) is 4.84. The zero-order valence-corrected chi connectivity index (χ0v) is 18.7. The van der Waals surface area contributed by atoms with E-state index < -0.39 is 6.10 Å². The molecule has 1 unspecified atom stereocenters. The van der Waals surface area contributed by atoms with Gasteiger partial charge in [0, 0.05) is 10.1 Å². The van der Waals surface area contributed by atoms with Crippen LogP contribution in [-0.2, 0) is 6.61 Å². The van der Waals surface area contributed by atoms with E-state index in [0.717, 1.165) is 32.0 Å². The van der Waals surface area contributed by atoms with Gasteiger partial charge in [-0.05, 0) is 53.9 Å². The van der Waals surface area contributed by atoms with Gasteiger partial charge in [-0.15, -0.1) is 11.3 Å². The second-order valence-electron chi connectivity index (χ2n) is 7.69. The Labute approximate surface area is 186 Å². The molecule has 0 aliphatic carbocycles. The lowest BCUT2D eigenvalue weighted by atomic mass is 10.0. The zero-order chi connectivity index (χ0) is 21.8. The summed E-state index contributed by atoms with van der Waals surface area (Å²) in [6.45, 7) is 4.51. The SMILES string of the molecule is COc1ccc2c(Oc3ccc(OCc4ccccc4)cc3)c(C(O)C(C)C)sc2c1. The molecule has 0 fully saturated rings. The van der Waals surface area contributed by atoms with Crippen molar-refractivity contribution in [2.24, 2.45) is 5.92 Å². The van der Waals surface area contributed by atoms with E-state index in [1.165, 1.54) is 11.3 Å². The second kappa shape index (κ2) is 9.41. The van der Waals surface area contributed by atoms with Crippen LogP contribution in [0.3, 0.4) is 0 Å². The van der Waals surface area contributed by atoms with Crippen molar-refractivity contribution in [1.29, 1.82) is 0 Å². The van der Waals surface area contributed by atoms with Gasteiger partial charge in [0.2, 0.25) is 0 Å². The summed E-state index contributed by atoms with van der Waals surface area (Å²) >= 11 is 1.54. The number of thiophene rings is 1. The Morgan fingerprint density at radius 1 is 0.871 bits per heavy atom. The van der Waals surface area contributed by atoms with Crippen molar-refractivity contribution in [3.8, 4) is 23.0 Å². The van der Waals surface area contributed by atoms with Gasteiger partial charge in [-0.25, -0.2) is 0 Å². The van der Waals surface area contributed by atoms with E-state index in [1.54, 1.807) is 7.11 Å². The Kier molecular flexibility index (Phi) is 6.44. The molecule has 4 rings (SSSR count). The van der Waals surface area contributed by atoms with E-state index in [1.807, 2.05) is 86.6 Å². The quantitative estimate of drug-likeness (QED) is 0.325. The number of benzene rings is 3. The molecule has 0 bridgehead atoms. The summed E-state index contributed by atoms with van der Waals surface area (Å²) in [4.78, 5) is 0.822. The lowest BCUT2D eigenvalue weighted by molar-refractivity contribution is 0.128. The first-order valence-electron chi connectivity index (χ1n) is 10.3. The van der Waals surface area contributed by atoms with Crippen LogP contribution in [0.25, 0.3) is 10.1 Å². The summed E-state index contributed by atoms with van der Waals surface area (Å²) in [5, 5.41) is 11.7. The molecule has 0 aliphatic rings. The molecule has 0 amide bonds. The molecule has 31 heavy (non-hydrogen) atoms. The largest absolute Gasteiger partial charge is 0.497 e. The molecule has 1 N–H and O–H groups in total. The normalized spacial score (nSPS) is 12.2. The highest BCUT2D eigenvalue weighted by molar-refractivity contribution is 7.19. The monoisotopic (exact) mass is 434 g/mol. The van der Waals surface area contributed by atoms with Crippen molar-refractivity contribution in [3.63, 3.8) is 0 Å². The highest BCUT2D eigenvalue weighted by Gasteiger charge is 2.23. The Morgan fingerprint density at radius 3 is 2.23 bits per heavy atom. The van der Waals surface area contributed by atoms with E-state index in [0.29, 0.717) is 18.1 Å². The van der Waals surface area contributed by atoms with Gasteiger partial charge in [0.15, 0.2) is 5.75 Å². The molecule has 0 spiro atoms. The van der Waals surface area contributed by atoms with Crippen LogP contribution in [0.2, 0.25) is 0 Å². The van der Waals surface area contributed by atoms with Gasteiger partial charge >= 0.3 is 0 Å². The Balaban J connectivity index is 1.57. The maximum atomic E-state index is 10.8. The van der Waals surface area contributed by atoms with Crippen LogP contribution in [0.1, 0.15) is 30.4 Å². The highest BCUT2D eigenvalue weighted by Crippen LogP contribution is 2.46. The molecule has 1 heterocycles. The van der Waals surface area contributed by atoms with Gasteiger partial charge in [-0.1, -0.05) is 44.2 Å². The third-order valence-electron chi connectivity index (χ3n) is 5.07. The molecule has 5 heteroatoms. The number of hydrogen-bond acceptors (Lipinski definition) is 5. The first-order valence-corrected chi connectivity index (χ1v) is 11.1. The molecular formula is C26H26O4S. The summed E-state index contributed by atoms with van der Waals surface area (Å²) in [5.41, 5.74) is 1.12. The van der Waals surface area contributed by atoms with Crippen molar-refractivity contribution < 1.29 is 19.3 Å². The maximum Gasteiger partial charge on any atom is 0.151 e. The molecule has 3 aromatic carbocycles. The topological polar surface area (TPSA) is 47.9 Å². The number of hydrogen-bond donors (Lipinski definition) is 1. The fourth-order valence-electron chi connectivity index (χ4n) is 3.26. The van der Waals surface area contributed by atoms with Gasteiger partial charge in [0.1, 0.15) is 23.9 Å². The lowest BCUT2D eigenvalue weighted by Gasteiger charge is -2.16. The van der Waals surface area contributed by atoms with Crippen molar-refractivity contribution >= 4 is 21.4 Å². The molecule has 0 saturated carbocycles. The number of ether oxygens (including phenoxy) is 3. The predicted octanol–water partition coefficient (Wildman–Crippen LogP) is 6.97. The molecule has 160 valence electrons. The lowest BCUT2D eigenvalue weighted by Crippen LogP contribution is -2.04. The molecule has 1 atom stereocenters. The smallest absolute Gasteiger partial charge is 0.151 e. The predicted molar refractivity (Wildman–Crippen MR) is 125 cm³/mol. The van der Waals surface area contributed by atoms with Crippen LogP contribution in [0, 0.1) is 5.92 Å². The van der Waals surface area contributed by atoms with Crippen LogP contribution < -0.4 is 14.2 Å². The van der Waals surface area contributed by atoms with Crippen LogP contribution in [0.15, 0.2) is 72.8 Å². The number of aliphatic hydroxyl groups excluding tert-OH is 1. The van der Waals surface area contributed by atoms with Crippen molar-refractivity contribution in [1.82, 2.24) is 0 Å². The van der Waals surface area contributed by atoms with Gasteiger partial charge in [-0.2, -0.15) is 0 Å². The fourth-order valence-corrected chi connectivity index (χ4v) is 4.58. The van der Waals surface area contributed by atoms with Crippen LogP contribution >= 0.6 is 11.3 Å². The maximum absolute atomic E-state index is 10.8. The molecule has 0 saturated heterocycles.